The summed E-state index contributed by atoms with van der Waals surface area (Å²) in [5.74, 6) is 2.56. The molecule has 1 aliphatic heterocycles. The summed E-state index contributed by atoms with van der Waals surface area (Å²) in [6.45, 7) is 8.80. The molecule has 0 atom stereocenters. The van der Waals surface area contributed by atoms with E-state index in [1.165, 1.54) is 43.7 Å². The predicted octanol–water partition coefficient (Wildman–Crippen LogP) is 2.83. The van der Waals surface area contributed by atoms with Gasteiger partial charge in [0, 0.05) is 56.7 Å². The molecule has 0 bridgehead atoms. The number of nitrogens with one attached hydrogen (secondary N) is 1. The van der Waals surface area contributed by atoms with Gasteiger partial charge in [-0.05, 0) is 42.9 Å². The van der Waals surface area contributed by atoms with Crippen LogP contribution in [0.15, 0.2) is 36.7 Å². The Morgan fingerprint density at radius 3 is 2.59 bits per heavy atom. The lowest BCUT2D eigenvalue weighted by Crippen LogP contribution is -2.47. The Kier molecular flexibility index (Phi) is 5.06. The van der Waals surface area contributed by atoms with Crippen LogP contribution >= 0.6 is 0 Å². The lowest BCUT2D eigenvalue weighted by atomic mass is 10.1. The number of hydrogen-bond donors (Lipinski definition) is 1. The summed E-state index contributed by atoms with van der Waals surface area (Å²) < 4.78 is 1.76. The number of hydrogen-bond acceptors (Lipinski definition) is 6. The molecule has 3 heterocycles. The van der Waals surface area contributed by atoms with Gasteiger partial charge in [0.1, 0.15) is 12.1 Å². The molecule has 29 heavy (non-hydrogen) atoms. The van der Waals surface area contributed by atoms with Gasteiger partial charge in [0.15, 0.2) is 0 Å². The fourth-order valence-corrected chi connectivity index (χ4v) is 4.04. The van der Waals surface area contributed by atoms with Crippen LogP contribution < -0.4 is 10.2 Å². The summed E-state index contributed by atoms with van der Waals surface area (Å²) >= 11 is 0. The second kappa shape index (κ2) is 7.99. The van der Waals surface area contributed by atoms with Gasteiger partial charge in [-0.25, -0.2) is 4.98 Å². The Morgan fingerprint density at radius 2 is 1.86 bits per heavy atom. The van der Waals surface area contributed by atoms with Crippen LogP contribution in [0.4, 0.5) is 11.5 Å². The van der Waals surface area contributed by atoms with Gasteiger partial charge < -0.3 is 10.2 Å². The summed E-state index contributed by atoms with van der Waals surface area (Å²) in [5.41, 5.74) is 3.60. The summed E-state index contributed by atoms with van der Waals surface area (Å²) in [5, 5.41) is 7.77. The molecule has 2 aromatic heterocycles. The maximum atomic E-state index is 4.50. The Bertz CT molecular complexity index is 953. The van der Waals surface area contributed by atoms with Gasteiger partial charge in [0.25, 0.3) is 5.78 Å². The van der Waals surface area contributed by atoms with Gasteiger partial charge in [-0.3, -0.25) is 4.90 Å². The van der Waals surface area contributed by atoms with Crippen molar-refractivity contribution in [1.82, 2.24) is 24.5 Å². The summed E-state index contributed by atoms with van der Waals surface area (Å²) in [7, 11) is 0. The van der Waals surface area contributed by atoms with Crippen LogP contribution in [0.1, 0.15) is 31.0 Å². The minimum atomic E-state index is 0.642. The van der Waals surface area contributed by atoms with E-state index >= 15 is 0 Å². The molecule has 0 amide bonds. The molecule has 1 aromatic carbocycles. The quantitative estimate of drug-likeness (QED) is 0.668. The van der Waals surface area contributed by atoms with Crippen LogP contribution in [-0.4, -0.2) is 57.2 Å². The van der Waals surface area contributed by atoms with Crippen LogP contribution in [-0.2, 0) is 13.0 Å². The van der Waals surface area contributed by atoms with Gasteiger partial charge >= 0.3 is 0 Å². The lowest BCUT2D eigenvalue weighted by Gasteiger charge is -2.36. The number of piperazine rings is 1. The van der Waals surface area contributed by atoms with E-state index in [0.717, 1.165) is 43.5 Å². The second-order valence-corrected chi connectivity index (χ2v) is 8.21. The SMILES string of the molecule is CCc1cc(NCc2ccc(N3CCN(CC4CC4)CC3)cc2)n2ncnc2n1. The molecular weight excluding hydrogens is 362 g/mol. The van der Waals surface area contributed by atoms with E-state index in [9.17, 15) is 0 Å². The monoisotopic (exact) mass is 391 g/mol. The number of aromatic nitrogens is 4. The molecule has 1 saturated carbocycles. The maximum Gasteiger partial charge on any atom is 0.254 e. The minimum Gasteiger partial charge on any atom is -0.369 e. The third-order valence-electron chi connectivity index (χ3n) is 6.03. The first kappa shape index (κ1) is 18.4. The van der Waals surface area contributed by atoms with Gasteiger partial charge in [-0.15, -0.1) is 0 Å². The molecule has 1 N–H and O–H groups in total. The number of rotatable bonds is 7. The molecule has 0 unspecified atom stereocenters. The Hall–Kier alpha value is -2.67. The van der Waals surface area contributed by atoms with Crippen LogP contribution in [0.25, 0.3) is 5.78 Å². The number of benzene rings is 1. The minimum absolute atomic E-state index is 0.642. The van der Waals surface area contributed by atoms with Crippen LogP contribution in [0.3, 0.4) is 0 Å². The van der Waals surface area contributed by atoms with E-state index in [2.05, 4.69) is 67.4 Å². The fraction of sp³-hybridized carbons (Fsp3) is 0.500. The van der Waals surface area contributed by atoms with Gasteiger partial charge in [-0.2, -0.15) is 14.6 Å². The molecule has 0 radical (unpaired) electrons. The molecule has 3 aromatic rings. The van der Waals surface area contributed by atoms with Crippen molar-refractivity contribution in [3.63, 3.8) is 0 Å². The Morgan fingerprint density at radius 1 is 1.07 bits per heavy atom. The normalized spacial score (nSPS) is 17.8. The van der Waals surface area contributed by atoms with E-state index in [0.29, 0.717) is 5.78 Å². The van der Waals surface area contributed by atoms with Crippen molar-refractivity contribution in [2.75, 3.05) is 42.9 Å². The lowest BCUT2D eigenvalue weighted by molar-refractivity contribution is 0.248. The highest BCUT2D eigenvalue weighted by molar-refractivity contribution is 5.49. The fourth-order valence-electron chi connectivity index (χ4n) is 4.04. The second-order valence-electron chi connectivity index (χ2n) is 8.21. The van der Waals surface area contributed by atoms with Crippen LogP contribution in [0.5, 0.6) is 0 Å². The third-order valence-corrected chi connectivity index (χ3v) is 6.03. The number of aryl methyl sites for hydroxylation is 1. The number of fused-ring (bicyclic) bond motifs is 1. The molecule has 2 fully saturated rings. The van der Waals surface area contributed by atoms with Crippen molar-refractivity contribution in [2.45, 2.75) is 32.7 Å². The van der Waals surface area contributed by atoms with E-state index in [4.69, 9.17) is 0 Å². The van der Waals surface area contributed by atoms with E-state index in [-0.39, 0.29) is 0 Å². The first-order valence-electron chi connectivity index (χ1n) is 10.8. The molecule has 1 aliphatic carbocycles. The van der Waals surface area contributed by atoms with Crippen molar-refractivity contribution >= 4 is 17.3 Å². The average molecular weight is 392 g/mol. The molecule has 2 aliphatic rings. The third kappa shape index (κ3) is 4.19. The van der Waals surface area contributed by atoms with Crippen LogP contribution in [0, 0.1) is 5.92 Å². The molecular formula is C22H29N7. The van der Waals surface area contributed by atoms with Gasteiger partial charge in [0.05, 0.1) is 0 Å². The Balaban J connectivity index is 1.20. The smallest absolute Gasteiger partial charge is 0.254 e. The van der Waals surface area contributed by atoms with Crippen LogP contribution in [0.2, 0.25) is 0 Å². The summed E-state index contributed by atoms with van der Waals surface area (Å²) in [6, 6.07) is 11.0. The average Bonchev–Trinajstić information content (AvgIpc) is 3.45. The molecule has 0 spiro atoms. The van der Waals surface area contributed by atoms with Gasteiger partial charge in [0.2, 0.25) is 0 Å². The van der Waals surface area contributed by atoms with E-state index in [1.807, 2.05) is 0 Å². The number of anilines is 2. The first-order valence-corrected chi connectivity index (χ1v) is 10.8. The largest absolute Gasteiger partial charge is 0.369 e. The van der Waals surface area contributed by atoms with E-state index < -0.39 is 0 Å². The summed E-state index contributed by atoms with van der Waals surface area (Å²) in [6.07, 6.45) is 5.31. The highest BCUT2D eigenvalue weighted by Crippen LogP contribution is 2.30. The summed E-state index contributed by atoms with van der Waals surface area (Å²) in [4.78, 5) is 13.9. The first-order chi connectivity index (χ1) is 14.3. The van der Waals surface area contributed by atoms with Crippen molar-refractivity contribution in [2.24, 2.45) is 5.92 Å². The predicted molar refractivity (Wildman–Crippen MR) is 115 cm³/mol. The molecule has 7 heteroatoms. The van der Waals surface area contributed by atoms with Crippen molar-refractivity contribution in [1.29, 1.82) is 0 Å². The van der Waals surface area contributed by atoms with E-state index in [1.54, 1.807) is 10.8 Å². The zero-order valence-electron chi connectivity index (χ0n) is 17.1. The highest BCUT2D eigenvalue weighted by Gasteiger charge is 2.26. The molecule has 7 nitrogen and oxygen atoms in total. The molecule has 5 rings (SSSR count). The standard InChI is InChI=1S/C22H29N7/c1-2-19-13-21(29-22(26-19)24-16-25-29)23-14-17-5-7-20(8-6-17)28-11-9-27(10-12-28)15-18-3-4-18/h5-8,13,16,18,23H,2-4,9-12,14-15H2,1H3. The topological polar surface area (TPSA) is 61.6 Å². The maximum absolute atomic E-state index is 4.50. The molecule has 152 valence electrons. The van der Waals surface area contributed by atoms with Crippen molar-refractivity contribution in [3.8, 4) is 0 Å². The zero-order valence-corrected chi connectivity index (χ0v) is 17.1. The molecule has 1 saturated heterocycles. The van der Waals surface area contributed by atoms with Crippen molar-refractivity contribution in [3.05, 3.63) is 47.9 Å². The Labute approximate surface area is 171 Å². The zero-order chi connectivity index (χ0) is 19.6. The highest BCUT2D eigenvalue weighted by atomic mass is 15.3. The van der Waals surface area contributed by atoms with Gasteiger partial charge in [-0.1, -0.05) is 19.1 Å². The van der Waals surface area contributed by atoms with Crippen molar-refractivity contribution < 1.29 is 0 Å². The number of nitrogens with zero attached hydrogens (tertiary/aromatic N) is 6.